The van der Waals surface area contributed by atoms with Gasteiger partial charge in [-0.3, -0.25) is 0 Å². The topological polar surface area (TPSA) is 61.5 Å². The van der Waals surface area contributed by atoms with Crippen LogP contribution in [0.25, 0.3) is 0 Å². The van der Waals surface area contributed by atoms with Crippen LogP contribution in [0.5, 0.6) is 5.75 Å². The molecule has 2 N–H and O–H groups in total. The van der Waals surface area contributed by atoms with Gasteiger partial charge in [0.2, 0.25) is 0 Å². The number of carbonyl (C=O) groups excluding carboxylic acids is 1. The molecule has 0 unspecified atom stereocenters. The SMILES string of the molecule is CCOc1cc(N)cc(C(=O)OC(F)F)c1. The van der Waals surface area contributed by atoms with Crippen LogP contribution in [-0.2, 0) is 4.74 Å². The zero-order chi connectivity index (χ0) is 12.1. The van der Waals surface area contributed by atoms with Crippen molar-refractivity contribution in [2.45, 2.75) is 13.5 Å². The van der Waals surface area contributed by atoms with Gasteiger partial charge in [0.05, 0.1) is 12.2 Å². The Kier molecular flexibility index (Phi) is 4.04. The van der Waals surface area contributed by atoms with Crippen LogP contribution in [0.15, 0.2) is 18.2 Å². The second-order valence-electron chi connectivity index (χ2n) is 2.89. The van der Waals surface area contributed by atoms with E-state index >= 15 is 0 Å². The van der Waals surface area contributed by atoms with Crippen LogP contribution in [0, 0.1) is 0 Å². The van der Waals surface area contributed by atoms with E-state index in [4.69, 9.17) is 10.5 Å². The molecule has 0 saturated heterocycles. The van der Waals surface area contributed by atoms with Crippen molar-refractivity contribution in [1.82, 2.24) is 0 Å². The van der Waals surface area contributed by atoms with Gasteiger partial charge in [-0.15, -0.1) is 0 Å². The van der Waals surface area contributed by atoms with Crippen LogP contribution in [0.4, 0.5) is 14.5 Å². The summed E-state index contributed by atoms with van der Waals surface area (Å²) in [7, 11) is 0. The largest absolute Gasteiger partial charge is 0.494 e. The predicted molar refractivity (Wildman–Crippen MR) is 53.4 cm³/mol. The summed E-state index contributed by atoms with van der Waals surface area (Å²) >= 11 is 0. The summed E-state index contributed by atoms with van der Waals surface area (Å²) in [6.45, 7) is -1.02. The first-order valence-corrected chi connectivity index (χ1v) is 4.55. The highest BCUT2D eigenvalue weighted by Gasteiger charge is 2.14. The van der Waals surface area contributed by atoms with Gasteiger partial charge in [0.25, 0.3) is 0 Å². The molecule has 1 aromatic carbocycles. The van der Waals surface area contributed by atoms with Crippen molar-refractivity contribution in [1.29, 1.82) is 0 Å². The minimum atomic E-state index is -3.15. The third-order valence-electron chi connectivity index (χ3n) is 1.67. The summed E-state index contributed by atoms with van der Waals surface area (Å²) in [6, 6.07) is 4.03. The molecule has 0 amide bonds. The van der Waals surface area contributed by atoms with Gasteiger partial charge in [0.15, 0.2) is 0 Å². The Morgan fingerprint density at radius 2 is 2.12 bits per heavy atom. The maximum absolute atomic E-state index is 11.8. The number of rotatable bonds is 4. The number of esters is 1. The van der Waals surface area contributed by atoms with E-state index in [0.717, 1.165) is 0 Å². The third kappa shape index (κ3) is 3.38. The van der Waals surface area contributed by atoms with Crippen LogP contribution in [0.2, 0.25) is 0 Å². The number of nitrogens with two attached hydrogens (primary N) is 1. The average molecular weight is 231 g/mol. The second kappa shape index (κ2) is 5.29. The van der Waals surface area contributed by atoms with Crippen molar-refractivity contribution in [2.75, 3.05) is 12.3 Å². The van der Waals surface area contributed by atoms with E-state index in [9.17, 15) is 13.6 Å². The molecule has 1 rings (SSSR count). The zero-order valence-corrected chi connectivity index (χ0v) is 8.57. The van der Waals surface area contributed by atoms with E-state index < -0.39 is 12.6 Å². The predicted octanol–water partition coefficient (Wildman–Crippen LogP) is 2.05. The number of benzene rings is 1. The van der Waals surface area contributed by atoms with Gasteiger partial charge in [0, 0.05) is 11.8 Å². The molecule has 0 aliphatic carbocycles. The van der Waals surface area contributed by atoms with E-state index in [1.807, 2.05) is 0 Å². The van der Waals surface area contributed by atoms with Crippen molar-refractivity contribution in [3.05, 3.63) is 23.8 Å². The Morgan fingerprint density at radius 3 is 2.69 bits per heavy atom. The molecule has 6 heteroatoms. The van der Waals surface area contributed by atoms with Crippen LogP contribution in [0.1, 0.15) is 17.3 Å². The van der Waals surface area contributed by atoms with Crippen molar-refractivity contribution in [3.63, 3.8) is 0 Å². The molecule has 0 spiro atoms. The van der Waals surface area contributed by atoms with E-state index in [1.54, 1.807) is 6.92 Å². The normalized spacial score (nSPS) is 10.2. The highest BCUT2D eigenvalue weighted by molar-refractivity contribution is 5.91. The molecule has 0 saturated carbocycles. The first-order chi connectivity index (χ1) is 7.52. The number of alkyl halides is 2. The number of carbonyl (C=O) groups is 1. The standard InChI is InChI=1S/C10H11F2NO3/c1-2-15-8-4-6(3-7(13)5-8)9(14)16-10(11)12/h3-5,10H,2,13H2,1H3. The lowest BCUT2D eigenvalue weighted by Gasteiger charge is -2.07. The Labute approximate surface area is 91.0 Å². The molecule has 0 heterocycles. The molecule has 0 bridgehead atoms. The summed E-state index contributed by atoms with van der Waals surface area (Å²) in [4.78, 5) is 11.2. The van der Waals surface area contributed by atoms with Crippen LogP contribution < -0.4 is 10.5 Å². The Morgan fingerprint density at radius 1 is 1.44 bits per heavy atom. The molecule has 4 nitrogen and oxygen atoms in total. The van der Waals surface area contributed by atoms with Crippen molar-refractivity contribution < 1.29 is 23.0 Å². The first kappa shape index (κ1) is 12.2. The summed E-state index contributed by atoms with van der Waals surface area (Å²) in [5.74, 6) is -0.799. The number of hydrogen-bond acceptors (Lipinski definition) is 4. The van der Waals surface area contributed by atoms with Gasteiger partial charge in [-0.05, 0) is 19.1 Å². The van der Waals surface area contributed by atoms with Gasteiger partial charge in [-0.25, -0.2) is 4.79 Å². The van der Waals surface area contributed by atoms with Gasteiger partial charge in [-0.2, -0.15) is 8.78 Å². The molecule has 0 fully saturated rings. The molecule has 0 atom stereocenters. The molecule has 88 valence electrons. The third-order valence-corrected chi connectivity index (χ3v) is 1.67. The monoisotopic (exact) mass is 231 g/mol. The molecule has 1 aromatic rings. The minimum absolute atomic E-state index is 0.0660. The Hall–Kier alpha value is -1.85. The number of hydrogen-bond donors (Lipinski definition) is 1. The van der Waals surface area contributed by atoms with Gasteiger partial charge < -0.3 is 15.2 Å². The molecule has 0 aromatic heterocycles. The highest BCUT2D eigenvalue weighted by Crippen LogP contribution is 2.20. The Balaban J connectivity index is 2.91. The Bertz CT molecular complexity index is 382. The lowest BCUT2D eigenvalue weighted by Crippen LogP contribution is -2.10. The molecular formula is C10H11F2NO3. The lowest BCUT2D eigenvalue weighted by atomic mass is 10.2. The molecule has 0 radical (unpaired) electrons. The number of nitrogen functional groups attached to an aromatic ring is 1. The fourth-order valence-electron chi connectivity index (χ4n) is 1.14. The van der Waals surface area contributed by atoms with Gasteiger partial charge in [-0.1, -0.05) is 0 Å². The fourth-order valence-corrected chi connectivity index (χ4v) is 1.14. The maximum Gasteiger partial charge on any atom is 0.389 e. The van der Waals surface area contributed by atoms with Crippen molar-refractivity contribution in [2.24, 2.45) is 0 Å². The molecular weight excluding hydrogens is 220 g/mol. The van der Waals surface area contributed by atoms with Crippen LogP contribution in [-0.4, -0.2) is 19.2 Å². The van der Waals surface area contributed by atoms with Crippen molar-refractivity contribution in [3.8, 4) is 5.75 Å². The maximum atomic E-state index is 11.8. The average Bonchev–Trinajstić information content (AvgIpc) is 2.16. The summed E-state index contributed by atoms with van der Waals surface area (Å²) in [6.07, 6.45) is 0. The second-order valence-corrected chi connectivity index (χ2v) is 2.89. The smallest absolute Gasteiger partial charge is 0.389 e. The molecule has 0 aliphatic rings. The zero-order valence-electron chi connectivity index (χ0n) is 8.57. The lowest BCUT2D eigenvalue weighted by molar-refractivity contribution is -0.0906. The number of halogens is 2. The van der Waals surface area contributed by atoms with E-state index in [-0.39, 0.29) is 11.3 Å². The van der Waals surface area contributed by atoms with Crippen LogP contribution in [0.3, 0.4) is 0 Å². The van der Waals surface area contributed by atoms with Crippen LogP contribution >= 0.6 is 0 Å². The van der Waals surface area contributed by atoms with E-state index in [1.165, 1.54) is 18.2 Å². The summed E-state index contributed by atoms with van der Waals surface area (Å²) in [5.41, 5.74) is 5.66. The summed E-state index contributed by atoms with van der Waals surface area (Å²) in [5, 5.41) is 0. The van der Waals surface area contributed by atoms with E-state index in [0.29, 0.717) is 12.4 Å². The van der Waals surface area contributed by atoms with Gasteiger partial charge in [0.1, 0.15) is 5.75 Å². The molecule has 0 aliphatic heterocycles. The summed E-state index contributed by atoms with van der Waals surface area (Å²) < 4.78 is 32.5. The quantitative estimate of drug-likeness (QED) is 0.636. The minimum Gasteiger partial charge on any atom is -0.494 e. The fraction of sp³-hybridized carbons (Fsp3) is 0.300. The highest BCUT2D eigenvalue weighted by atomic mass is 19.3. The van der Waals surface area contributed by atoms with E-state index in [2.05, 4.69) is 4.74 Å². The van der Waals surface area contributed by atoms with Crippen molar-refractivity contribution >= 4 is 11.7 Å². The first-order valence-electron chi connectivity index (χ1n) is 4.55. The molecule has 16 heavy (non-hydrogen) atoms. The number of anilines is 1. The number of ether oxygens (including phenoxy) is 2. The van der Waals surface area contributed by atoms with Gasteiger partial charge >= 0.3 is 12.6 Å².